The average Bonchev–Trinajstić information content (AvgIpc) is 2.37. The fourth-order valence-corrected chi connectivity index (χ4v) is 3.51. The number of rotatable bonds is 2. The molecule has 1 N–H and O–H groups in total. The number of nitrogens with one attached hydrogen (secondary N) is 1. The molecule has 2 atom stereocenters. The largest absolute Gasteiger partial charge is 0.493 e. The highest BCUT2D eigenvalue weighted by Gasteiger charge is 2.47. The lowest BCUT2D eigenvalue weighted by atomic mass is 9.90. The summed E-state index contributed by atoms with van der Waals surface area (Å²) in [5.41, 5.74) is 0.721. The van der Waals surface area contributed by atoms with Crippen molar-refractivity contribution in [2.75, 3.05) is 13.7 Å². The van der Waals surface area contributed by atoms with Crippen molar-refractivity contribution in [1.82, 2.24) is 10.2 Å². The summed E-state index contributed by atoms with van der Waals surface area (Å²) in [6.07, 6.45) is 0.876. The Kier molecular flexibility index (Phi) is 2.82. The summed E-state index contributed by atoms with van der Waals surface area (Å²) in [6, 6.07) is 6.18. The van der Waals surface area contributed by atoms with Crippen LogP contribution in [0.5, 0.6) is 11.5 Å². The van der Waals surface area contributed by atoms with Gasteiger partial charge in [0.05, 0.1) is 13.2 Å². The predicted octanol–water partition coefficient (Wildman–Crippen LogP) is 2.45. The van der Waals surface area contributed by atoms with E-state index in [-0.39, 0.29) is 6.04 Å². The SMILES string of the molecule is CCN1C(=S)NC2CC1(C)Oc1c(OC)cccc12. The molecule has 2 bridgehead atoms. The van der Waals surface area contributed by atoms with Gasteiger partial charge in [-0.05, 0) is 32.1 Å². The van der Waals surface area contributed by atoms with Crippen molar-refractivity contribution in [3.63, 3.8) is 0 Å². The predicted molar refractivity (Wildman–Crippen MR) is 77.5 cm³/mol. The summed E-state index contributed by atoms with van der Waals surface area (Å²) in [4.78, 5) is 2.09. The molecule has 1 saturated heterocycles. The maximum Gasteiger partial charge on any atom is 0.184 e. The first-order chi connectivity index (χ1) is 9.09. The summed E-state index contributed by atoms with van der Waals surface area (Å²) < 4.78 is 11.7. The molecule has 2 unspecified atom stereocenters. The van der Waals surface area contributed by atoms with Crippen molar-refractivity contribution in [2.45, 2.75) is 32.0 Å². The highest BCUT2D eigenvalue weighted by Crippen LogP contribution is 2.47. The summed E-state index contributed by atoms with van der Waals surface area (Å²) in [5, 5.41) is 4.16. The zero-order chi connectivity index (χ0) is 13.6. The molecule has 0 aromatic heterocycles. The number of ether oxygens (including phenoxy) is 2. The summed E-state index contributed by atoms with van der Waals surface area (Å²) >= 11 is 5.45. The Morgan fingerprint density at radius 1 is 1.58 bits per heavy atom. The van der Waals surface area contributed by atoms with Crippen molar-refractivity contribution in [3.8, 4) is 11.5 Å². The van der Waals surface area contributed by atoms with E-state index in [4.69, 9.17) is 21.7 Å². The number of thiocarbonyl (C=S) groups is 1. The van der Waals surface area contributed by atoms with Gasteiger partial charge < -0.3 is 19.7 Å². The Morgan fingerprint density at radius 3 is 3.05 bits per heavy atom. The molecule has 2 aliphatic heterocycles. The Balaban J connectivity index is 2.11. The van der Waals surface area contributed by atoms with E-state index in [1.807, 2.05) is 12.1 Å². The van der Waals surface area contributed by atoms with E-state index in [1.165, 1.54) is 0 Å². The zero-order valence-electron chi connectivity index (χ0n) is 11.4. The normalized spacial score (nSPS) is 28.3. The molecular formula is C14H18N2O2S. The average molecular weight is 278 g/mol. The number of hydrogen-bond acceptors (Lipinski definition) is 3. The van der Waals surface area contributed by atoms with Crippen LogP contribution in [0.2, 0.25) is 0 Å². The molecule has 19 heavy (non-hydrogen) atoms. The van der Waals surface area contributed by atoms with E-state index in [0.717, 1.165) is 35.1 Å². The molecular weight excluding hydrogens is 260 g/mol. The molecule has 0 spiro atoms. The Bertz CT molecular complexity index is 534. The maximum atomic E-state index is 6.26. The standard InChI is InChI=1S/C14H18N2O2S/c1-4-16-13(19)15-10-8-14(16,2)18-12-9(10)6-5-7-11(12)17-3/h5-7,10H,4,8H2,1-3H3,(H,15,19). The molecule has 5 heteroatoms. The summed E-state index contributed by atoms with van der Waals surface area (Å²) in [5.74, 6) is 1.61. The van der Waals surface area contributed by atoms with E-state index in [9.17, 15) is 0 Å². The van der Waals surface area contributed by atoms with Crippen molar-refractivity contribution < 1.29 is 9.47 Å². The summed E-state index contributed by atoms with van der Waals surface area (Å²) in [6.45, 7) is 4.99. The van der Waals surface area contributed by atoms with Crippen LogP contribution in [-0.2, 0) is 0 Å². The van der Waals surface area contributed by atoms with Crippen LogP contribution in [0.15, 0.2) is 18.2 Å². The number of para-hydroxylation sites is 1. The van der Waals surface area contributed by atoms with Gasteiger partial charge in [-0.2, -0.15) is 0 Å². The van der Waals surface area contributed by atoms with Crippen molar-refractivity contribution in [1.29, 1.82) is 0 Å². The molecule has 0 aliphatic carbocycles. The molecule has 2 heterocycles. The van der Waals surface area contributed by atoms with Gasteiger partial charge in [-0.25, -0.2) is 0 Å². The van der Waals surface area contributed by atoms with Crippen molar-refractivity contribution in [2.24, 2.45) is 0 Å². The first kappa shape index (κ1) is 12.5. The Hall–Kier alpha value is -1.49. The van der Waals surface area contributed by atoms with Crippen LogP contribution in [0.3, 0.4) is 0 Å². The van der Waals surface area contributed by atoms with Crippen LogP contribution in [0.1, 0.15) is 31.9 Å². The van der Waals surface area contributed by atoms with Gasteiger partial charge in [0, 0.05) is 18.5 Å². The second-order valence-electron chi connectivity index (χ2n) is 5.11. The van der Waals surface area contributed by atoms with Crippen molar-refractivity contribution >= 4 is 17.3 Å². The fraction of sp³-hybridized carbons (Fsp3) is 0.500. The van der Waals surface area contributed by atoms with E-state index in [1.54, 1.807) is 7.11 Å². The monoisotopic (exact) mass is 278 g/mol. The van der Waals surface area contributed by atoms with Gasteiger partial charge >= 0.3 is 0 Å². The number of hydrogen-bond donors (Lipinski definition) is 1. The van der Waals surface area contributed by atoms with Crippen LogP contribution in [-0.4, -0.2) is 29.4 Å². The molecule has 0 radical (unpaired) electrons. The number of fused-ring (bicyclic) bond motifs is 4. The first-order valence-corrected chi connectivity index (χ1v) is 6.94. The first-order valence-electron chi connectivity index (χ1n) is 6.53. The van der Waals surface area contributed by atoms with Crippen LogP contribution >= 0.6 is 12.2 Å². The molecule has 0 saturated carbocycles. The van der Waals surface area contributed by atoms with Gasteiger partial charge in [0.2, 0.25) is 0 Å². The molecule has 3 rings (SSSR count). The Labute approximate surface area is 118 Å². The highest BCUT2D eigenvalue weighted by molar-refractivity contribution is 7.80. The third-order valence-corrected chi connectivity index (χ3v) is 4.28. The lowest BCUT2D eigenvalue weighted by Crippen LogP contribution is -2.64. The second kappa shape index (κ2) is 4.27. The van der Waals surface area contributed by atoms with Gasteiger partial charge in [0.15, 0.2) is 22.3 Å². The van der Waals surface area contributed by atoms with Gasteiger partial charge in [-0.15, -0.1) is 0 Å². The third-order valence-electron chi connectivity index (χ3n) is 3.94. The van der Waals surface area contributed by atoms with Crippen LogP contribution < -0.4 is 14.8 Å². The quantitative estimate of drug-likeness (QED) is 0.840. The minimum atomic E-state index is -0.399. The van der Waals surface area contributed by atoms with Gasteiger partial charge in [0.25, 0.3) is 0 Å². The lowest BCUT2D eigenvalue weighted by molar-refractivity contribution is -0.0673. The smallest absolute Gasteiger partial charge is 0.184 e. The molecule has 2 aliphatic rings. The maximum absolute atomic E-state index is 6.26. The third kappa shape index (κ3) is 1.75. The topological polar surface area (TPSA) is 33.7 Å². The molecule has 1 aromatic carbocycles. The van der Waals surface area contributed by atoms with Gasteiger partial charge in [-0.1, -0.05) is 12.1 Å². The van der Waals surface area contributed by atoms with Crippen LogP contribution in [0, 0.1) is 0 Å². The molecule has 102 valence electrons. The molecule has 0 amide bonds. The second-order valence-corrected chi connectivity index (χ2v) is 5.49. The zero-order valence-corrected chi connectivity index (χ0v) is 12.2. The highest BCUT2D eigenvalue weighted by atomic mass is 32.1. The fourth-order valence-electron chi connectivity index (χ4n) is 3.04. The van der Waals surface area contributed by atoms with Crippen LogP contribution in [0.25, 0.3) is 0 Å². The minimum absolute atomic E-state index is 0.194. The van der Waals surface area contributed by atoms with E-state index >= 15 is 0 Å². The van der Waals surface area contributed by atoms with Crippen molar-refractivity contribution in [3.05, 3.63) is 23.8 Å². The number of nitrogens with zero attached hydrogens (tertiary/aromatic N) is 1. The number of benzene rings is 1. The summed E-state index contributed by atoms with van der Waals surface area (Å²) in [7, 11) is 1.67. The lowest BCUT2D eigenvalue weighted by Gasteiger charge is -2.52. The van der Waals surface area contributed by atoms with Gasteiger partial charge in [0.1, 0.15) is 0 Å². The molecule has 1 fully saturated rings. The van der Waals surface area contributed by atoms with Crippen LogP contribution in [0.4, 0.5) is 0 Å². The van der Waals surface area contributed by atoms with E-state index < -0.39 is 5.72 Å². The molecule has 1 aromatic rings. The van der Waals surface area contributed by atoms with E-state index in [2.05, 4.69) is 30.1 Å². The Morgan fingerprint density at radius 2 is 2.37 bits per heavy atom. The molecule has 4 nitrogen and oxygen atoms in total. The number of methoxy groups -OCH3 is 1. The van der Waals surface area contributed by atoms with E-state index in [0.29, 0.717) is 0 Å². The van der Waals surface area contributed by atoms with Gasteiger partial charge in [-0.3, -0.25) is 0 Å². The minimum Gasteiger partial charge on any atom is -0.493 e.